The van der Waals surface area contributed by atoms with E-state index in [1.54, 1.807) is 17.4 Å². The van der Waals surface area contributed by atoms with E-state index in [1.807, 2.05) is 19.9 Å². The Bertz CT molecular complexity index is 1210. The van der Waals surface area contributed by atoms with Crippen LogP contribution in [0.25, 0.3) is 22.1 Å². The summed E-state index contributed by atoms with van der Waals surface area (Å²) >= 11 is 1.31. The Kier molecular flexibility index (Phi) is 4.47. The topological polar surface area (TPSA) is 77.0 Å². The third kappa shape index (κ3) is 3.02. The van der Waals surface area contributed by atoms with Gasteiger partial charge in [-0.25, -0.2) is 14.4 Å². The van der Waals surface area contributed by atoms with Crippen molar-refractivity contribution >= 4 is 17.4 Å². The third-order valence-electron chi connectivity index (χ3n) is 5.30. The van der Waals surface area contributed by atoms with Crippen molar-refractivity contribution in [2.75, 3.05) is 6.54 Å². The molecule has 3 aromatic heterocycles. The molecule has 1 aliphatic heterocycles. The molecule has 1 aromatic carbocycles. The molecule has 9 heteroatoms. The molecular formula is C21H18FN5O2S. The summed E-state index contributed by atoms with van der Waals surface area (Å²) in [6.07, 6.45) is 3.25. The van der Waals surface area contributed by atoms with E-state index in [1.165, 1.54) is 35.8 Å². The van der Waals surface area contributed by atoms with Crippen LogP contribution in [0.5, 0.6) is 0 Å². The zero-order valence-electron chi connectivity index (χ0n) is 16.4. The van der Waals surface area contributed by atoms with E-state index in [-0.39, 0.29) is 17.8 Å². The van der Waals surface area contributed by atoms with Gasteiger partial charge in [0, 0.05) is 24.2 Å². The first-order valence-corrected chi connectivity index (χ1v) is 10.3. The first-order valence-electron chi connectivity index (χ1n) is 9.53. The van der Waals surface area contributed by atoms with Gasteiger partial charge in [-0.15, -0.1) is 0 Å². The van der Waals surface area contributed by atoms with E-state index in [0.29, 0.717) is 24.5 Å². The summed E-state index contributed by atoms with van der Waals surface area (Å²) in [6, 6.07) is 7.26. The Hall–Kier alpha value is -3.33. The van der Waals surface area contributed by atoms with Gasteiger partial charge >= 0.3 is 0 Å². The first kappa shape index (κ1) is 18.7. The van der Waals surface area contributed by atoms with Crippen LogP contribution in [0.2, 0.25) is 0 Å². The van der Waals surface area contributed by atoms with Crippen molar-refractivity contribution in [3.8, 4) is 22.1 Å². The van der Waals surface area contributed by atoms with E-state index in [2.05, 4.69) is 13.9 Å². The average molecular weight is 423 g/mol. The molecule has 0 spiro atoms. The number of furan rings is 1. The number of amides is 1. The van der Waals surface area contributed by atoms with Crippen LogP contribution >= 0.6 is 11.5 Å². The number of fused-ring (bicyclic) bond motifs is 1. The number of imidazole rings is 1. The number of benzene rings is 1. The van der Waals surface area contributed by atoms with E-state index < -0.39 is 0 Å². The minimum absolute atomic E-state index is 0.138. The van der Waals surface area contributed by atoms with Gasteiger partial charge in [-0.05, 0) is 55.7 Å². The Morgan fingerprint density at radius 3 is 2.67 bits per heavy atom. The number of carbonyl (C=O) groups excluding carboxylic acids is 1. The molecule has 0 bridgehead atoms. The fraction of sp³-hybridized carbons (Fsp3) is 0.238. The van der Waals surface area contributed by atoms with Crippen LogP contribution in [0.3, 0.4) is 0 Å². The molecule has 4 heterocycles. The molecule has 1 amide bonds. The van der Waals surface area contributed by atoms with Gasteiger partial charge < -0.3 is 13.9 Å². The molecule has 0 saturated heterocycles. The lowest BCUT2D eigenvalue weighted by atomic mass is 10.0. The molecule has 0 aliphatic carbocycles. The molecule has 0 unspecified atom stereocenters. The van der Waals surface area contributed by atoms with E-state index in [9.17, 15) is 9.18 Å². The number of hydrogen-bond donors (Lipinski definition) is 0. The maximum Gasteiger partial charge on any atom is 0.254 e. The Balaban J connectivity index is 1.60. The van der Waals surface area contributed by atoms with Gasteiger partial charge in [0.25, 0.3) is 5.91 Å². The standard InChI is InChI=1S/C21H18FN5O2S/c1-12-18-17(15-7-10-29-11-15)24-19(20-23-13(2)25-30-20)27(18)9-8-26(12)21(28)14-3-5-16(22)6-4-14/h3-7,10-12H,8-9H2,1-2H3/t12-/m1/s1. The number of hydrogen-bond acceptors (Lipinski definition) is 6. The smallest absolute Gasteiger partial charge is 0.254 e. The quantitative estimate of drug-likeness (QED) is 0.490. The molecule has 5 rings (SSSR count). The lowest BCUT2D eigenvalue weighted by Gasteiger charge is -2.35. The molecule has 1 atom stereocenters. The summed E-state index contributed by atoms with van der Waals surface area (Å²) in [5, 5.41) is 0.744. The van der Waals surface area contributed by atoms with Crippen molar-refractivity contribution in [2.45, 2.75) is 26.4 Å². The van der Waals surface area contributed by atoms with Crippen LogP contribution in [0, 0.1) is 12.7 Å². The molecule has 0 fully saturated rings. The van der Waals surface area contributed by atoms with E-state index >= 15 is 0 Å². The molecular weight excluding hydrogens is 405 g/mol. The summed E-state index contributed by atoms with van der Waals surface area (Å²) < 4.78 is 25.0. The van der Waals surface area contributed by atoms with Crippen LogP contribution < -0.4 is 0 Å². The van der Waals surface area contributed by atoms with Gasteiger partial charge in [-0.2, -0.15) is 4.37 Å². The molecule has 30 heavy (non-hydrogen) atoms. The fourth-order valence-corrected chi connectivity index (χ4v) is 4.53. The number of carbonyl (C=O) groups is 1. The van der Waals surface area contributed by atoms with Crippen molar-refractivity contribution < 1.29 is 13.6 Å². The molecule has 4 aromatic rings. The second kappa shape index (κ2) is 7.17. The van der Waals surface area contributed by atoms with Gasteiger partial charge in [0.15, 0.2) is 10.8 Å². The highest BCUT2D eigenvalue weighted by atomic mass is 32.1. The van der Waals surface area contributed by atoms with Gasteiger partial charge in [0.1, 0.15) is 11.6 Å². The van der Waals surface area contributed by atoms with E-state index in [4.69, 9.17) is 9.40 Å². The maximum absolute atomic E-state index is 13.3. The van der Waals surface area contributed by atoms with Crippen molar-refractivity contribution in [3.05, 3.63) is 65.8 Å². The summed E-state index contributed by atoms with van der Waals surface area (Å²) in [7, 11) is 0. The van der Waals surface area contributed by atoms with Gasteiger partial charge in [-0.3, -0.25) is 4.79 Å². The molecule has 0 N–H and O–H groups in total. The van der Waals surface area contributed by atoms with Gasteiger partial charge in [-0.1, -0.05) is 0 Å². The maximum atomic E-state index is 13.3. The molecule has 7 nitrogen and oxygen atoms in total. The predicted molar refractivity (Wildman–Crippen MR) is 109 cm³/mol. The van der Waals surface area contributed by atoms with Crippen molar-refractivity contribution in [3.63, 3.8) is 0 Å². The number of nitrogens with zero attached hydrogens (tertiary/aromatic N) is 5. The second-order valence-corrected chi connectivity index (χ2v) is 7.91. The molecule has 0 radical (unpaired) electrons. The van der Waals surface area contributed by atoms with Crippen LogP contribution in [0.4, 0.5) is 4.39 Å². The Labute approximate surface area is 176 Å². The Morgan fingerprint density at radius 2 is 2.00 bits per heavy atom. The lowest BCUT2D eigenvalue weighted by Crippen LogP contribution is -2.41. The summed E-state index contributed by atoms with van der Waals surface area (Å²) in [5.74, 6) is 0.943. The van der Waals surface area contributed by atoms with Crippen LogP contribution in [-0.4, -0.2) is 36.3 Å². The number of rotatable bonds is 3. The number of aryl methyl sites for hydroxylation is 1. The van der Waals surface area contributed by atoms with Gasteiger partial charge in [0.05, 0.1) is 30.0 Å². The first-order chi connectivity index (χ1) is 14.5. The van der Waals surface area contributed by atoms with Crippen LogP contribution in [0.1, 0.15) is 34.8 Å². The third-order valence-corrected chi connectivity index (χ3v) is 6.10. The molecule has 1 aliphatic rings. The zero-order chi connectivity index (χ0) is 20.8. The number of aromatic nitrogens is 4. The number of halogens is 1. The minimum atomic E-state index is -0.365. The summed E-state index contributed by atoms with van der Waals surface area (Å²) in [6.45, 7) is 4.91. The van der Waals surface area contributed by atoms with Crippen molar-refractivity contribution in [1.29, 1.82) is 0 Å². The lowest BCUT2D eigenvalue weighted by molar-refractivity contribution is 0.0645. The van der Waals surface area contributed by atoms with Gasteiger partial charge in [0.2, 0.25) is 0 Å². The Morgan fingerprint density at radius 1 is 1.20 bits per heavy atom. The zero-order valence-corrected chi connectivity index (χ0v) is 17.2. The highest BCUT2D eigenvalue weighted by molar-refractivity contribution is 7.09. The van der Waals surface area contributed by atoms with Crippen molar-refractivity contribution in [1.82, 2.24) is 23.8 Å². The highest BCUT2D eigenvalue weighted by Crippen LogP contribution is 2.38. The largest absolute Gasteiger partial charge is 0.472 e. The van der Waals surface area contributed by atoms with Crippen molar-refractivity contribution in [2.24, 2.45) is 0 Å². The molecule has 0 saturated carbocycles. The second-order valence-electron chi connectivity index (χ2n) is 7.16. The van der Waals surface area contributed by atoms with Crippen LogP contribution in [0.15, 0.2) is 47.3 Å². The monoisotopic (exact) mass is 423 g/mol. The normalized spacial score (nSPS) is 16.0. The SMILES string of the molecule is Cc1nsc(-c2nc(-c3ccoc3)c3n2CCN(C(=O)c2ccc(F)cc2)[C@@H]3C)n1. The van der Waals surface area contributed by atoms with Crippen LogP contribution in [-0.2, 0) is 6.54 Å². The van der Waals surface area contributed by atoms with E-state index in [0.717, 1.165) is 27.8 Å². The predicted octanol–water partition coefficient (Wildman–Crippen LogP) is 4.33. The highest BCUT2D eigenvalue weighted by Gasteiger charge is 2.34. The molecule has 152 valence electrons. The summed E-state index contributed by atoms with van der Waals surface area (Å²) in [4.78, 5) is 24.3. The minimum Gasteiger partial charge on any atom is -0.472 e. The summed E-state index contributed by atoms with van der Waals surface area (Å²) in [5.41, 5.74) is 2.98. The fourth-order valence-electron chi connectivity index (χ4n) is 3.86. The average Bonchev–Trinajstić information content (AvgIpc) is 3.47.